The van der Waals surface area contributed by atoms with Crippen LogP contribution in [0.2, 0.25) is 0 Å². The normalized spacial score (nSPS) is 50.8. The van der Waals surface area contributed by atoms with Crippen molar-refractivity contribution in [1.29, 1.82) is 0 Å². The molecule has 0 bridgehead atoms. The molecule has 0 aromatic rings. The van der Waals surface area contributed by atoms with E-state index in [0.717, 1.165) is 64.2 Å². The number of fused-ring (bicyclic) bond motifs is 10. The number of carbonyl (C=O) groups excluding carboxylic acids is 2. The summed E-state index contributed by atoms with van der Waals surface area (Å²) in [5.74, 6) is 4.37. The molecule has 0 spiro atoms. The van der Waals surface area contributed by atoms with Crippen molar-refractivity contribution in [2.45, 2.75) is 194 Å². The molecule has 8 fully saturated rings. The van der Waals surface area contributed by atoms with Gasteiger partial charge < -0.3 is 40.2 Å². The molecule has 320 valence electrons. The van der Waals surface area contributed by atoms with Crippen molar-refractivity contribution in [3.05, 3.63) is 0 Å². The van der Waals surface area contributed by atoms with Gasteiger partial charge in [0, 0.05) is 11.9 Å². The zero-order valence-electron chi connectivity index (χ0n) is 36.5. The van der Waals surface area contributed by atoms with E-state index in [0.29, 0.717) is 83.9 Å². The molecule has 0 saturated heterocycles. The largest absolute Gasteiger partial charge is 2.00 e. The van der Waals surface area contributed by atoms with Gasteiger partial charge in [-0.25, -0.2) is 0 Å². The molecule has 8 rings (SSSR count). The molecule has 8 aliphatic rings. The van der Waals surface area contributed by atoms with E-state index in [-0.39, 0.29) is 104 Å². The number of aliphatic hydroxyl groups excluding tert-OH is 4. The van der Waals surface area contributed by atoms with Crippen molar-refractivity contribution in [3.63, 3.8) is 0 Å². The number of aliphatic carboxylic acids is 2. The van der Waals surface area contributed by atoms with Gasteiger partial charge in [-0.2, -0.15) is 0 Å². The van der Waals surface area contributed by atoms with Crippen LogP contribution < -0.4 is 10.2 Å². The Balaban J connectivity index is 0.000000189. The van der Waals surface area contributed by atoms with Gasteiger partial charge in [-0.15, -0.1) is 0 Å². The molecule has 0 heterocycles. The first-order chi connectivity index (χ1) is 26.3. The topological polar surface area (TPSA) is 161 Å². The van der Waals surface area contributed by atoms with Crippen LogP contribution in [0.1, 0.15) is 170 Å². The molecule has 20 atom stereocenters. The van der Waals surface area contributed by atoms with E-state index in [9.17, 15) is 40.2 Å². The van der Waals surface area contributed by atoms with Gasteiger partial charge >= 0.3 is 45.5 Å². The van der Waals surface area contributed by atoms with Crippen LogP contribution in [0.15, 0.2) is 0 Å². The smallest absolute Gasteiger partial charge is 0.550 e. The Morgan fingerprint density at radius 1 is 0.544 bits per heavy atom. The molecular formula is C48H78O8Sr. The van der Waals surface area contributed by atoms with Gasteiger partial charge in [-0.1, -0.05) is 41.5 Å². The third-order valence-electron chi connectivity index (χ3n) is 20.6. The Hall–Kier alpha value is 0.261. The van der Waals surface area contributed by atoms with Gasteiger partial charge in [-0.05, 0) is 221 Å². The summed E-state index contributed by atoms with van der Waals surface area (Å²) < 4.78 is 0. The summed E-state index contributed by atoms with van der Waals surface area (Å²) in [6, 6.07) is 0. The zero-order valence-corrected chi connectivity index (χ0v) is 40.0. The fourth-order valence-electron chi connectivity index (χ4n) is 17.4. The molecule has 0 aliphatic heterocycles. The molecule has 0 aromatic heterocycles. The summed E-state index contributed by atoms with van der Waals surface area (Å²) >= 11 is 0. The molecule has 0 amide bonds. The van der Waals surface area contributed by atoms with Crippen LogP contribution >= 0.6 is 0 Å². The Morgan fingerprint density at radius 3 is 1.26 bits per heavy atom. The maximum absolute atomic E-state index is 11.5. The van der Waals surface area contributed by atoms with Crippen LogP contribution in [0.25, 0.3) is 0 Å². The first-order valence-corrected chi connectivity index (χ1v) is 23.5. The number of hydrogen-bond acceptors (Lipinski definition) is 8. The third kappa shape index (κ3) is 8.18. The molecule has 0 aromatic carbocycles. The third-order valence-corrected chi connectivity index (χ3v) is 20.6. The number of carbonyl (C=O) groups is 2. The summed E-state index contributed by atoms with van der Waals surface area (Å²) in [5, 5.41) is 65.2. The first-order valence-electron chi connectivity index (χ1n) is 23.5. The van der Waals surface area contributed by atoms with Gasteiger partial charge in [0.05, 0.1) is 24.4 Å². The van der Waals surface area contributed by atoms with Crippen molar-refractivity contribution in [2.75, 3.05) is 0 Å². The predicted octanol–water partition coefficient (Wildman–Crippen LogP) is 5.91. The van der Waals surface area contributed by atoms with E-state index >= 15 is 0 Å². The minimum atomic E-state index is -0.957. The van der Waals surface area contributed by atoms with E-state index in [1.807, 2.05) is 0 Å². The standard InChI is InChI=1S/2C24H40O4.Sr/c2*1-14(4-9-22(27)28)18-7-8-19-17-6-5-15-12-16(25)10-11-23(15,2)20(17)13-21(26)24(18,19)3;/h2*14-21,25-26H,4-13H2,1-3H3,(H,27,28);/q;;+2/p-2/t2*14?,15-,16-,17+,18-,19+,20+,21+,23+,24-;/m11./s1. The van der Waals surface area contributed by atoms with Crippen LogP contribution in [0.3, 0.4) is 0 Å². The molecular weight excluding hydrogens is 792 g/mol. The monoisotopic (exact) mass is 870 g/mol. The molecule has 8 aliphatic carbocycles. The van der Waals surface area contributed by atoms with Gasteiger partial charge in [0.25, 0.3) is 0 Å². The summed E-state index contributed by atoms with van der Waals surface area (Å²) in [7, 11) is 0. The minimum Gasteiger partial charge on any atom is -0.550 e. The van der Waals surface area contributed by atoms with Crippen LogP contribution in [-0.2, 0) is 9.59 Å². The maximum atomic E-state index is 11.5. The van der Waals surface area contributed by atoms with E-state index in [2.05, 4.69) is 41.5 Å². The fourth-order valence-corrected chi connectivity index (χ4v) is 17.4. The van der Waals surface area contributed by atoms with Crippen LogP contribution in [0.5, 0.6) is 0 Å². The maximum Gasteiger partial charge on any atom is 2.00 e. The fraction of sp³-hybridized carbons (Fsp3) is 0.958. The van der Waals surface area contributed by atoms with E-state index in [1.54, 1.807) is 0 Å². The summed E-state index contributed by atoms with van der Waals surface area (Å²) in [5.41, 5.74) is 0.375. The summed E-state index contributed by atoms with van der Waals surface area (Å²) in [4.78, 5) is 21.9. The number of carboxylic acids is 2. The van der Waals surface area contributed by atoms with Crippen molar-refractivity contribution in [3.8, 4) is 0 Å². The second kappa shape index (κ2) is 17.8. The molecule has 8 nitrogen and oxygen atoms in total. The molecule has 9 heteroatoms. The Labute approximate surface area is 381 Å². The Kier molecular flexibility index (Phi) is 14.6. The summed E-state index contributed by atoms with van der Waals surface area (Å²) in [6.45, 7) is 13.9. The van der Waals surface area contributed by atoms with Crippen LogP contribution in [-0.4, -0.2) is 102 Å². The zero-order chi connectivity index (χ0) is 40.5. The second-order valence-electron chi connectivity index (χ2n) is 22.5. The predicted molar refractivity (Wildman–Crippen MR) is 218 cm³/mol. The Morgan fingerprint density at radius 2 is 0.912 bits per heavy atom. The van der Waals surface area contributed by atoms with E-state index in [4.69, 9.17) is 0 Å². The van der Waals surface area contributed by atoms with E-state index in [1.165, 1.54) is 38.5 Å². The molecule has 4 N–H and O–H groups in total. The van der Waals surface area contributed by atoms with Gasteiger partial charge in [0.15, 0.2) is 0 Å². The quantitative estimate of drug-likeness (QED) is 0.219. The minimum absolute atomic E-state index is 0. The van der Waals surface area contributed by atoms with E-state index < -0.39 is 11.9 Å². The molecule has 0 radical (unpaired) electrons. The Bertz CT molecular complexity index is 1320. The van der Waals surface area contributed by atoms with Gasteiger partial charge in [-0.3, -0.25) is 0 Å². The van der Waals surface area contributed by atoms with Crippen LogP contribution in [0.4, 0.5) is 0 Å². The molecule has 57 heavy (non-hydrogen) atoms. The SMILES string of the molecule is CC(CCC(=O)[O-])[C@H]1CC[C@H]2[C@@H]3CC[C@@H]4C[C@H](O)CC[C@]4(C)[C@H]3C[C@H](O)[C@]12C.CC(CCC(=O)[O-])[C@H]1CC[C@H]2[C@@H]3CC[C@@H]4C[C@H](O)CC[C@]4(C)[C@H]3C[C@H](O)[C@]12C.[Sr+2]. The van der Waals surface area contributed by atoms with Crippen molar-refractivity contribution < 1.29 is 40.2 Å². The van der Waals surface area contributed by atoms with Gasteiger partial charge in [0.1, 0.15) is 0 Å². The first kappa shape index (κ1) is 46.8. The number of carboxylic acid groups (broad SMARTS) is 2. The van der Waals surface area contributed by atoms with Crippen molar-refractivity contribution in [2.24, 2.45) is 92.7 Å². The molecule has 8 saturated carbocycles. The number of rotatable bonds is 8. The number of aliphatic hydroxyl groups is 4. The summed E-state index contributed by atoms with van der Waals surface area (Å²) in [6.07, 6.45) is 18.0. The second-order valence-corrected chi connectivity index (χ2v) is 22.5. The van der Waals surface area contributed by atoms with Crippen LogP contribution in [0, 0.1) is 92.7 Å². The van der Waals surface area contributed by atoms with Crippen molar-refractivity contribution in [1.82, 2.24) is 0 Å². The van der Waals surface area contributed by atoms with Gasteiger partial charge in [0.2, 0.25) is 0 Å². The average molecular weight is 871 g/mol. The van der Waals surface area contributed by atoms with Crippen molar-refractivity contribution >= 4 is 57.4 Å². The number of hydrogen-bond donors (Lipinski definition) is 4. The average Bonchev–Trinajstić information content (AvgIpc) is 3.70. The molecule has 2 unspecified atom stereocenters.